The van der Waals surface area contributed by atoms with E-state index in [-0.39, 0.29) is 0 Å². The fourth-order valence-electron chi connectivity index (χ4n) is 2.73. The molecule has 0 aliphatic rings. The summed E-state index contributed by atoms with van der Waals surface area (Å²) in [5.74, 6) is 0.791. The van der Waals surface area contributed by atoms with Crippen molar-refractivity contribution in [2.45, 2.75) is 6.54 Å². The molecule has 0 aliphatic heterocycles. The maximum absolute atomic E-state index is 5.24. The first kappa shape index (κ1) is 16.0. The van der Waals surface area contributed by atoms with E-state index >= 15 is 0 Å². The van der Waals surface area contributed by atoms with Crippen LogP contribution in [0.2, 0.25) is 0 Å². The van der Waals surface area contributed by atoms with E-state index in [2.05, 4.69) is 26.1 Å². The zero-order valence-electron chi connectivity index (χ0n) is 14.3. The van der Waals surface area contributed by atoms with Crippen molar-refractivity contribution in [2.75, 3.05) is 7.11 Å². The van der Waals surface area contributed by atoms with Gasteiger partial charge in [0.2, 0.25) is 0 Å². The van der Waals surface area contributed by atoms with Crippen molar-refractivity contribution in [3.8, 4) is 28.3 Å². The smallest absolute Gasteiger partial charge is 0.122 e. The first-order valence-corrected chi connectivity index (χ1v) is 8.21. The molecule has 0 aliphatic carbocycles. The minimum atomic E-state index is 0.584. The molecule has 4 aromatic rings. The summed E-state index contributed by atoms with van der Waals surface area (Å²) in [7, 11) is 1.65. The maximum Gasteiger partial charge on any atom is 0.122 e. The Morgan fingerprint density at radius 3 is 2.62 bits per heavy atom. The predicted octanol–water partition coefficient (Wildman–Crippen LogP) is 3.46. The Bertz CT molecular complexity index is 1010. The fourth-order valence-corrected chi connectivity index (χ4v) is 2.73. The average molecular weight is 343 g/mol. The van der Waals surface area contributed by atoms with Crippen molar-refractivity contribution in [3.05, 3.63) is 79.1 Å². The Balaban J connectivity index is 1.58. The Labute approximate surface area is 151 Å². The lowest BCUT2D eigenvalue weighted by atomic mass is 10.1. The topological polar surface area (TPSA) is 65.7 Å². The minimum Gasteiger partial charge on any atom is -0.497 e. The molecule has 6 heteroatoms. The molecule has 26 heavy (non-hydrogen) atoms. The normalized spacial score (nSPS) is 10.7. The molecule has 0 saturated carbocycles. The molecule has 0 bridgehead atoms. The summed E-state index contributed by atoms with van der Waals surface area (Å²) in [5, 5.41) is 4.67. The molecule has 0 atom stereocenters. The van der Waals surface area contributed by atoms with Gasteiger partial charge in [-0.2, -0.15) is 5.10 Å². The van der Waals surface area contributed by atoms with Crippen molar-refractivity contribution in [2.24, 2.45) is 0 Å². The maximum atomic E-state index is 5.24. The molecule has 0 fully saturated rings. The van der Waals surface area contributed by atoms with Gasteiger partial charge in [-0.25, -0.2) is 0 Å². The average Bonchev–Trinajstić information content (AvgIpc) is 3.17. The van der Waals surface area contributed by atoms with Gasteiger partial charge >= 0.3 is 0 Å². The second kappa shape index (κ2) is 7.14. The lowest BCUT2D eigenvalue weighted by Gasteiger charge is -2.04. The number of ether oxygens (including phenoxy) is 1. The van der Waals surface area contributed by atoms with Crippen molar-refractivity contribution in [1.29, 1.82) is 0 Å². The molecule has 3 heterocycles. The number of pyridine rings is 1. The van der Waals surface area contributed by atoms with Crippen LogP contribution in [0.25, 0.3) is 22.5 Å². The predicted molar refractivity (Wildman–Crippen MR) is 98.6 cm³/mol. The fraction of sp³-hybridized carbons (Fsp3) is 0.100. The van der Waals surface area contributed by atoms with Gasteiger partial charge < -0.3 is 4.74 Å². The standard InChI is InChI=1S/C20H17N5O/c1-26-18-5-7-22-17(12-18)14-25-10-6-19(24-25)15-3-2-4-16(11-15)20-13-21-8-9-23-20/h2-13H,14H2,1H3. The third-order valence-corrected chi connectivity index (χ3v) is 4.01. The van der Waals surface area contributed by atoms with E-state index in [1.165, 1.54) is 0 Å². The first-order chi connectivity index (χ1) is 12.8. The van der Waals surface area contributed by atoms with Crippen LogP contribution >= 0.6 is 0 Å². The van der Waals surface area contributed by atoms with Gasteiger partial charge in [0.05, 0.1) is 36.9 Å². The third-order valence-electron chi connectivity index (χ3n) is 4.01. The van der Waals surface area contributed by atoms with Crippen LogP contribution in [0.4, 0.5) is 0 Å². The van der Waals surface area contributed by atoms with Gasteiger partial charge in [0.15, 0.2) is 0 Å². The van der Waals surface area contributed by atoms with Crippen LogP contribution in [0.15, 0.2) is 73.4 Å². The second-order valence-corrected chi connectivity index (χ2v) is 5.76. The molecular formula is C20H17N5O. The molecule has 128 valence electrons. The van der Waals surface area contributed by atoms with Crippen LogP contribution in [-0.2, 0) is 6.54 Å². The third kappa shape index (κ3) is 3.44. The molecule has 1 aromatic carbocycles. The summed E-state index contributed by atoms with van der Waals surface area (Å²) in [4.78, 5) is 12.8. The molecule has 3 aromatic heterocycles. The highest BCUT2D eigenvalue weighted by Gasteiger charge is 2.07. The van der Waals surface area contributed by atoms with Crippen molar-refractivity contribution in [3.63, 3.8) is 0 Å². The Kier molecular flexibility index (Phi) is 4.38. The van der Waals surface area contributed by atoms with Crippen LogP contribution in [0.1, 0.15) is 5.69 Å². The molecule has 0 amide bonds. The van der Waals surface area contributed by atoms with E-state index in [0.717, 1.165) is 34.0 Å². The molecule has 0 saturated heterocycles. The van der Waals surface area contributed by atoms with Crippen LogP contribution in [0, 0.1) is 0 Å². The van der Waals surface area contributed by atoms with Gasteiger partial charge in [0.1, 0.15) is 5.75 Å². The number of rotatable bonds is 5. The van der Waals surface area contributed by atoms with Crippen LogP contribution in [0.5, 0.6) is 5.75 Å². The van der Waals surface area contributed by atoms with Gasteiger partial charge in [0.25, 0.3) is 0 Å². The molecule has 4 rings (SSSR count). The molecular weight excluding hydrogens is 326 g/mol. The van der Waals surface area contributed by atoms with Crippen LogP contribution in [0.3, 0.4) is 0 Å². The van der Waals surface area contributed by atoms with E-state index in [9.17, 15) is 0 Å². The van der Waals surface area contributed by atoms with E-state index in [1.54, 1.807) is 31.9 Å². The summed E-state index contributed by atoms with van der Waals surface area (Å²) in [6.07, 6.45) is 8.81. The van der Waals surface area contributed by atoms with Gasteiger partial charge in [-0.1, -0.05) is 18.2 Å². The first-order valence-electron chi connectivity index (χ1n) is 8.21. The van der Waals surface area contributed by atoms with Crippen LogP contribution in [-0.4, -0.2) is 31.8 Å². The number of methoxy groups -OCH3 is 1. The van der Waals surface area contributed by atoms with Crippen molar-refractivity contribution in [1.82, 2.24) is 24.7 Å². The molecule has 0 spiro atoms. The highest BCUT2D eigenvalue weighted by Crippen LogP contribution is 2.23. The molecule has 0 unspecified atom stereocenters. The summed E-state index contributed by atoms with van der Waals surface area (Å²) in [6.45, 7) is 0.584. The van der Waals surface area contributed by atoms with Gasteiger partial charge in [-0.3, -0.25) is 19.6 Å². The largest absolute Gasteiger partial charge is 0.497 e. The zero-order valence-corrected chi connectivity index (χ0v) is 14.3. The minimum absolute atomic E-state index is 0.584. The number of hydrogen-bond acceptors (Lipinski definition) is 5. The monoisotopic (exact) mass is 343 g/mol. The van der Waals surface area contributed by atoms with E-state index in [1.807, 2.05) is 47.3 Å². The number of nitrogens with zero attached hydrogens (tertiary/aromatic N) is 5. The highest BCUT2D eigenvalue weighted by atomic mass is 16.5. The van der Waals surface area contributed by atoms with Gasteiger partial charge in [-0.05, 0) is 18.2 Å². The lowest BCUT2D eigenvalue weighted by molar-refractivity contribution is 0.413. The second-order valence-electron chi connectivity index (χ2n) is 5.76. The Hall–Kier alpha value is -3.54. The van der Waals surface area contributed by atoms with Crippen LogP contribution < -0.4 is 4.74 Å². The summed E-state index contributed by atoms with van der Waals surface area (Å²) >= 11 is 0. The lowest BCUT2D eigenvalue weighted by Crippen LogP contribution is -2.02. The van der Waals surface area contributed by atoms with E-state index in [0.29, 0.717) is 6.54 Å². The van der Waals surface area contributed by atoms with Gasteiger partial charge in [0, 0.05) is 42.0 Å². The highest BCUT2D eigenvalue weighted by molar-refractivity contribution is 5.68. The summed E-state index contributed by atoms with van der Waals surface area (Å²) < 4.78 is 7.11. The molecule has 0 radical (unpaired) electrons. The summed E-state index contributed by atoms with van der Waals surface area (Å²) in [5.41, 5.74) is 4.69. The Morgan fingerprint density at radius 1 is 0.923 bits per heavy atom. The SMILES string of the molecule is COc1ccnc(Cn2ccc(-c3cccc(-c4cnccn4)c3)n2)c1. The quantitative estimate of drug-likeness (QED) is 0.555. The van der Waals surface area contributed by atoms with Crippen molar-refractivity contribution < 1.29 is 4.74 Å². The summed E-state index contributed by atoms with van der Waals surface area (Å²) in [6, 6.07) is 13.9. The molecule has 6 nitrogen and oxygen atoms in total. The number of hydrogen-bond donors (Lipinski definition) is 0. The number of aromatic nitrogens is 5. The zero-order chi connectivity index (χ0) is 17.8. The van der Waals surface area contributed by atoms with E-state index in [4.69, 9.17) is 4.74 Å². The molecule has 0 N–H and O–H groups in total. The number of benzene rings is 1. The van der Waals surface area contributed by atoms with Gasteiger partial charge in [-0.15, -0.1) is 0 Å². The van der Waals surface area contributed by atoms with E-state index < -0.39 is 0 Å². The Morgan fingerprint density at radius 2 is 1.81 bits per heavy atom. The van der Waals surface area contributed by atoms with Crippen molar-refractivity contribution >= 4 is 0 Å².